The first-order valence-corrected chi connectivity index (χ1v) is 5.66. The number of rotatable bonds is 4. The van der Waals surface area contributed by atoms with Crippen molar-refractivity contribution < 1.29 is 14.8 Å². The normalized spacial score (nSPS) is 16.1. The van der Waals surface area contributed by atoms with Crippen LogP contribution in [0, 0.1) is 17.0 Å². The number of nitrogens with zero attached hydrogens (tertiary/aromatic N) is 1. The average Bonchev–Trinajstić information content (AvgIpc) is 3.09. The maximum Gasteiger partial charge on any atom is 0.282 e. The molecule has 18 heavy (non-hydrogen) atoms. The molecule has 0 unspecified atom stereocenters. The van der Waals surface area contributed by atoms with Crippen molar-refractivity contribution in [3.63, 3.8) is 0 Å². The van der Waals surface area contributed by atoms with E-state index < -0.39 is 16.4 Å². The summed E-state index contributed by atoms with van der Waals surface area (Å²) in [6.45, 7) is 1.62. The van der Waals surface area contributed by atoms with E-state index in [-0.39, 0.29) is 17.9 Å². The van der Waals surface area contributed by atoms with Gasteiger partial charge in [-0.05, 0) is 31.4 Å². The molecule has 2 rings (SSSR count). The molecule has 2 N–H and O–H groups in total. The van der Waals surface area contributed by atoms with Crippen LogP contribution in [-0.2, 0) is 0 Å². The molecule has 1 amide bonds. The number of carbonyl (C=O) groups is 1. The largest absolute Gasteiger partial charge is 0.394 e. The van der Waals surface area contributed by atoms with E-state index in [1.807, 2.05) is 0 Å². The van der Waals surface area contributed by atoms with Crippen LogP contribution in [0.3, 0.4) is 0 Å². The lowest BCUT2D eigenvalue weighted by Gasteiger charge is -2.14. The summed E-state index contributed by atoms with van der Waals surface area (Å²) in [5.74, 6) is -0.503. The summed E-state index contributed by atoms with van der Waals surface area (Å²) in [5.41, 5.74) is 0.0282. The second-order valence-corrected chi connectivity index (χ2v) is 4.67. The SMILES string of the molecule is Cc1ccc([N+](=O)[O-])c(C(=O)NC2(CO)CC2)c1. The average molecular weight is 250 g/mol. The van der Waals surface area contributed by atoms with Crippen LogP contribution in [0.1, 0.15) is 28.8 Å². The number of amides is 1. The lowest BCUT2D eigenvalue weighted by molar-refractivity contribution is -0.385. The summed E-state index contributed by atoms with van der Waals surface area (Å²) < 4.78 is 0. The van der Waals surface area contributed by atoms with Crippen molar-refractivity contribution in [2.45, 2.75) is 25.3 Å². The van der Waals surface area contributed by atoms with E-state index >= 15 is 0 Å². The summed E-state index contributed by atoms with van der Waals surface area (Å²) in [7, 11) is 0. The van der Waals surface area contributed by atoms with Crippen molar-refractivity contribution in [2.24, 2.45) is 0 Å². The van der Waals surface area contributed by atoms with Gasteiger partial charge in [-0.1, -0.05) is 6.07 Å². The van der Waals surface area contributed by atoms with E-state index in [1.54, 1.807) is 13.0 Å². The van der Waals surface area contributed by atoms with Gasteiger partial charge >= 0.3 is 0 Å². The summed E-state index contributed by atoms with van der Waals surface area (Å²) in [4.78, 5) is 22.3. The van der Waals surface area contributed by atoms with E-state index in [9.17, 15) is 14.9 Å². The standard InChI is InChI=1S/C12H14N2O4/c1-8-2-3-10(14(17)18)9(6-8)11(16)13-12(7-15)4-5-12/h2-3,6,15H,4-5,7H2,1H3,(H,13,16). The van der Waals surface area contributed by atoms with Gasteiger partial charge in [-0.15, -0.1) is 0 Å². The number of carbonyl (C=O) groups excluding carboxylic acids is 1. The van der Waals surface area contributed by atoms with E-state index in [4.69, 9.17) is 5.11 Å². The van der Waals surface area contributed by atoms with Gasteiger partial charge in [0.2, 0.25) is 0 Å². The van der Waals surface area contributed by atoms with E-state index in [0.29, 0.717) is 12.8 Å². The molecule has 0 atom stereocenters. The van der Waals surface area contributed by atoms with E-state index in [1.165, 1.54) is 12.1 Å². The first-order chi connectivity index (χ1) is 8.47. The fourth-order valence-corrected chi connectivity index (χ4v) is 1.77. The van der Waals surface area contributed by atoms with E-state index in [0.717, 1.165) is 5.56 Å². The van der Waals surface area contributed by atoms with Crippen molar-refractivity contribution in [3.8, 4) is 0 Å². The van der Waals surface area contributed by atoms with Crippen molar-refractivity contribution in [1.82, 2.24) is 5.32 Å². The van der Waals surface area contributed by atoms with Crippen molar-refractivity contribution >= 4 is 11.6 Å². The number of aliphatic hydroxyl groups excluding tert-OH is 1. The van der Waals surface area contributed by atoms with Crippen LogP contribution in [0.4, 0.5) is 5.69 Å². The van der Waals surface area contributed by atoms with Gasteiger partial charge in [-0.2, -0.15) is 0 Å². The molecule has 0 bridgehead atoms. The Bertz CT molecular complexity index is 509. The molecule has 0 heterocycles. The number of nitro groups is 1. The Morgan fingerprint density at radius 2 is 2.22 bits per heavy atom. The van der Waals surface area contributed by atoms with Gasteiger partial charge < -0.3 is 10.4 Å². The molecule has 1 aliphatic rings. The highest BCUT2D eigenvalue weighted by Gasteiger charge is 2.44. The lowest BCUT2D eigenvalue weighted by Crippen LogP contribution is -2.39. The summed E-state index contributed by atoms with van der Waals surface area (Å²) in [5, 5.41) is 22.7. The highest BCUT2D eigenvalue weighted by Crippen LogP contribution is 2.35. The Morgan fingerprint density at radius 1 is 1.56 bits per heavy atom. The van der Waals surface area contributed by atoms with Gasteiger partial charge in [0.25, 0.3) is 11.6 Å². The smallest absolute Gasteiger partial charge is 0.282 e. The molecule has 1 saturated carbocycles. The number of hydrogen-bond donors (Lipinski definition) is 2. The monoisotopic (exact) mass is 250 g/mol. The number of aryl methyl sites for hydroxylation is 1. The quantitative estimate of drug-likeness (QED) is 0.619. The Balaban J connectivity index is 2.29. The predicted molar refractivity (Wildman–Crippen MR) is 64.4 cm³/mol. The third kappa shape index (κ3) is 2.33. The molecule has 1 aromatic rings. The zero-order chi connectivity index (χ0) is 13.3. The van der Waals surface area contributed by atoms with Crippen LogP contribution in [0.15, 0.2) is 18.2 Å². The topological polar surface area (TPSA) is 92.5 Å². The van der Waals surface area contributed by atoms with Crippen LogP contribution >= 0.6 is 0 Å². The van der Waals surface area contributed by atoms with Gasteiger partial charge in [-0.3, -0.25) is 14.9 Å². The second-order valence-electron chi connectivity index (χ2n) is 4.67. The molecule has 1 aliphatic carbocycles. The number of nitrogens with one attached hydrogen (secondary N) is 1. The van der Waals surface area contributed by atoms with Crippen LogP contribution in [0.5, 0.6) is 0 Å². The van der Waals surface area contributed by atoms with Gasteiger partial charge in [0, 0.05) is 6.07 Å². The minimum Gasteiger partial charge on any atom is -0.394 e. The number of aliphatic hydroxyl groups is 1. The van der Waals surface area contributed by atoms with Crippen LogP contribution < -0.4 is 5.32 Å². The molecule has 96 valence electrons. The maximum absolute atomic E-state index is 12.0. The maximum atomic E-state index is 12.0. The summed E-state index contributed by atoms with van der Waals surface area (Å²) in [6.07, 6.45) is 1.41. The number of hydrogen-bond acceptors (Lipinski definition) is 4. The van der Waals surface area contributed by atoms with Crippen molar-refractivity contribution in [2.75, 3.05) is 6.61 Å². The van der Waals surface area contributed by atoms with Gasteiger partial charge in [0.05, 0.1) is 17.1 Å². The molecule has 0 aromatic heterocycles. The first-order valence-electron chi connectivity index (χ1n) is 5.66. The molecule has 1 aromatic carbocycles. The molecular weight excluding hydrogens is 236 g/mol. The van der Waals surface area contributed by atoms with Gasteiger partial charge in [0.15, 0.2) is 0 Å². The third-order valence-corrected chi connectivity index (χ3v) is 3.13. The molecule has 6 heteroatoms. The number of benzene rings is 1. The fraction of sp³-hybridized carbons (Fsp3) is 0.417. The van der Waals surface area contributed by atoms with Crippen molar-refractivity contribution in [3.05, 3.63) is 39.4 Å². The second kappa shape index (κ2) is 4.38. The zero-order valence-corrected chi connectivity index (χ0v) is 9.97. The minimum absolute atomic E-state index is 0.0414. The van der Waals surface area contributed by atoms with Gasteiger partial charge in [-0.25, -0.2) is 0 Å². The molecule has 0 saturated heterocycles. The lowest BCUT2D eigenvalue weighted by atomic mass is 10.1. The Kier molecular flexibility index (Phi) is 3.04. The number of nitro benzene ring substituents is 1. The van der Waals surface area contributed by atoms with Crippen LogP contribution in [0.25, 0.3) is 0 Å². The molecule has 0 aliphatic heterocycles. The molecule has 6 nitrogen and oxygen atoms in total. The molecule has 0 spiro atoms. The van der Waals surface area contributed by atoms with Gasteiger partial charge in [0.1, 0.15) is 5.56 Å². The Hall–Kier alpha value is -1.95. The summed E-state index contributed by atoms with van der Waals surface area (Å²) >= 11 is 0. The molecule has 1 fully saturated rings. The molecular formula is C12H14N2O4. The Labute approximate surface area is 104 Å². The highest BCUT2D eigenvalue weighted by molar-refractivity contribution is 5.99. The predicted octanol–water partition coefficient (Wildman–Crippen LogP) is 1.16. The summed E-state index contributed by atoms with van der Waals surface area (Å²) in [6, 6.07) is 4.40. The first kappa shape index (κ1) is 12.5. The van der Waals surface area contributed by atoms with Crippen LogP contribution in [0.2, 0.25) is 0 Å². The highest BCUT2D eigenvalue weighted by atomic mass is 16.6. The fourth-order valence-electron chi connectivity index (χ4n) is 1.77. The third-order valence-electron chi connectivity index (χ3n) is 3.13. The van der Waals surface area contributed by atoms with Crippen LogP contribution in [-0.4, -0.2) is 28.1 Å². The van der Waals surface area contributed by atoms with Crippen molar-refractivity contribution in [1.29, 1.82) is 0 Å². The van der Waals surface area contributed by atoms with E-state index in [2.05, 4.69) is 5.32 Å². The minimum atomic E-state index is -0.577. The Morgan fingerprint density at radius 3 is 2.72 bits per heavy atom. The zero-order valence-electron chi connectivity index (χ0n) is 9.97. The molecule has 0 radical (unpaired) electrons.